The zero-order valence-corrected chi connectivity index (χ0v) is 11.1. The van der Waals surface area contributed by atoms with Crippen LogP contribution in [0.1, 0.15) is 31.4 Å². The van der Waals surface area contributed by atoms with E-state index >= 15 is 0 Å². The minimum atomic E-state index is -1.09. The predicted octanol–water partition coefficient (Wildman–Crippen LogP) is 2.78. The van der Waals surface area contributed by atoms with Gasteiger partial charge < -0.3 is 0 Å². The summed E-state index contributed by atoms with van der Waals surface area (Å²) in [6.07, 6.45) is 0.375. The second-order valence-corrected chi connectivity index (χ2v) is 6.12. The van der Waals surface area contributed by atoms with Gasteiger partial charge in [-0.3, -0.25) is 9.00 Å². The van der Waals surface area contributed by atoms with Gasteiger partial charge >= 0.3 is 0 Å². The predicted molar refractivity (Wildman–Crippen MR) is 67.1 cm³/mol. The fourth-order valence-corrected chi connectivity index (χ4v) is 3.13. The van der Waals surface area contributed by atoms with Crippen LogP contribution in [0.3, 0.4) is 0 Å². The Morgan fingerprint density at radius 3 is 2.56 bits per heavy atom. The normalized spacial score (nSPS) is 14.5. The first kappa shape index (κ1) is 13.1. The van der Waals surface area contributed by atoms with Gasteiger partial charge in [-0.25, -0.2) is 0 Å². The first-order valence-electron chi connectivity index (χ1n) is 5.39. The van der Waals surface area contributed by atoms with Crippen LogP contribution in [0.25, 0.3) is 0 Å². The van der Waals surface area contributed by atoms with Crippen LogP contribution in [0.5, 0.6) is 0 Å². The lowest BCUT2D eigenvalue weighted by Crippen LogP contribution is -2.15. The summed E-state index contributed by atoms with van der Waals surface area (Å²) < 4.78 is 12.2. The lowest BCUT2D eigenvalue weighted by Gasteiger charge is -2.12. The van der Waals surface area contributed by atoms with Crippen LogP contribution in [0.4, 0.5) is 0 Å². The second kappa shape index (κ2) is 5.39. The number of hydrogen-bond donors (Lipinski definition) is 0. The number of carbonyl (C=O) groups excluding carboxylic acids is 1. The van der Waals surface area contributed by atoms with Crippen LogP contribution < -0.4 is 0 Å². The molecule has 2 atom stereocenters. The fraction of sp³-hybridized carbons (Fsp3) is 0.462. The molecule has 88 valence electrons. The molecule has 0 radical (unpaired) electrons. The zero-order chi connectivity index (χ0) is 12.3. The van der Waals surface area contributed by atoms with Gasteiger partial charge in [0.1, 0.15) is 5.78 Å². The largest absolute Gasteiger partial charge is 0.300 e. The van der Waals surface area contributed by atoms with E-state index in [1.54, 1.807) is 0 Å². The van der Waals surface area contributed by atoms with Crippen molar-refractivity contribution >= 4 is 16.6 Å². The first-order chi connectivity index (χ1) is 7.41. The SMILES string of the molecule is CC(=O)CC(C)S(=O)c1cc(C)ccc1C. The standard InChI is InChI=1S/C13H18O2S/c1-9-5-6-10(2)13(7-9)16(15)12(4)8-11(3)14/h5-7,12H,8H2,1-4H3. The fourth-order valence-electron chi connectivity index (χ4n) is 1.62. The van der Waals surface area contributed by atoms with Gasteiger partial charge in [-0.15, -0.1) is 0 Å². The molecule has 1 aromatic carbocycles. The molecule has 0 saturated carbocycles. The highest BCUT2D eigenvalue weighted by molar-refractivity contribution is 7.85. The summed E-state index contributed by atoms with van der Waals surface area (Å²) in [5, 5.41) is -0.113. The first-order valence-corrected chi connectivity index (χ1v) is 6.60. The third-order valence-corrected chi connectivity index (χ3v) is 4.27. The topological polar surface area (TPSA) is 34.1 Å². The highest BCUT2D eigenvalue weighted by Gasteiger charge is 2.16. The molecule has 0 aliphatic rings. The second-order valence-electron chi connectivity index (χ2n) is 4.28. The van der Waals surface area contributed by atoms with E-state index in [4.69, 9.17) is 0 Å². The van der Waals surface area contributed by atoms with Crippen LogP contribution in [0.15, 0.2) is 23.1 Å². The molecule has 0 bridgehead atoms. The molecule has 0 saturated heterocycles. The van der Waals surface area contributed by atoms with Gasteiger partial charge in [0.2, 0.25) is 0 Å². The highest BCUT2D eigenvalue weighted by Crippen LogP contribution is 2.19. The van der Waals surface area contributed by atoms with Gasteiger partial charge in [0.15, 0.2) is 0 Å². The van der Waals surface area contributed by atoms with Crippen LogP contribution in [-0.2, 0) is 15.6 Å². The Bertz CT molecular complexity index is 424. The van der Waals surface area contributed by atoms with Crippen molar-refractivity contribution in [3.63, 3.8) is 0 Å². The van der Waals surface area contributed by atoms with E-state index in [9.17, 15) is 9.00 Å². The van der Waals surface area contributed by atoms with Crippen LogP contribution in [0.2, 0.25) is 0 Å². The van der Waals surface area contributed by atoms with Gasteiger partial charge in [0, 0.05) is 16.6 Å². The minimum Gasteiger partial charge on any atom is -0.300 e. The molecule has 0 fully saturated rings. The van der Waals surface area contributed by atoms with Crippen molar-refractivity contribution < 1.29 is 9.00 Å². The van der Waals surface area contributed by atoms with E-state index in [1.165, 1.54) is 6.92 Å². The Morgan fingerprint density at radius 1 is 1.38 bits per heavy atom. The van der Waals surface area contributed by atoms with E-state index in [0.717, 1.165) is 16.0 Å². The van der Waals surface area contributed by atoms with Gasteiger partial charge in [0.25, 0.3) is 0 Å². The van der Waals surface area contributed by atoms with E-state index in [-0.39, 0.29) is 11.0 Å². The number of hydrogen-bond acceptors (Lipinski definition) is 2. The zero-order valence-electron chi connectivity index (χ0n) is 10.2. The van der Waals surface area contributed by atoms with E-state index in [1.807, 2.05) is 39.0 Å². The molecule has 1 rings (SSSR count). The molecule has 3 heteroatoms. The van der Waals surface area contributed by atoms with E-state index in [0.29, 0.717) is 6.42 Å². The van der Waals surface area contributed by atoms with Crippen molar-refractivity contribution in [1.82, 2.24) is 0 Å². The average molecular weight is 238 g/mol. The quantitative estimate of drug-likeness (QED) is 0.808. The maximum absolute atomic E-state index is 12.2. The molecule has 0 spiro atoms. The maximum atomic E-state index is 12.2. The Kier molecular flexibility index (Phi) is 4.42. The summed E-state index contributed by atoms with van der Waals surface area (Å²) in [4.78, 5) is 11.9. The molecule has 0 aromatic heterocycles. The minimum absolute atomic E-state index is 0.0890. The van der Waals surface area contributed by atoms with Gasteiger partial charge in [-0.1, -0.05) is 19.1 Å². The summed E-state index contributed by atoms with van der Waals surface area (Å²) in [6, 6.07) is 5.93. The summed E-state index contributed by atoms with van der Waals surface area (Å²) in [7, 11) is -1.09. The summed E-state index contributed by atoms with van der Waals surface area (Å²) >= 11 is 0. The van der Waals surface area contributed by atoms with Crippen LogP contribution in [-0.4, -0.2) is 15.2 Å². The van der Waals surface area contributed by atoms with Crippen LogP contribution in [0, 0.1) is 13.8 Å². The molecule has 16 heavy (non-hydrogen) atoms. The average Bonchev–Trinajstić information content (AvgIpc) is 2.19. The lowest BCUT2D eigenvalue weighted by molar-refractivity contribution is -0.116. The lowest BCUT2D eigenvalue weighted by atomic mass is 10.2. The Hall–Kier alpha value is -0.960. The molecular weight excluding hydrogens is 220 g/mol. The van der Waals surface area contributed by atoms with Crippen molar-refractivity contribution in [1.29, 1.82) is 0 Å². The number of rotatable bonds is 4. The smallest absolute Gasteiger partial charge is 0.131 e. The third kappa shape index (κ3) is 3.27. The van der Waals surface area contributed by atoms with Crippen molar-refractivity contribution in [3.8, 4) is 0 Å². The number of benzene rings is 1. The number of aryl methyl sites for hydroxylation is 2. The van der Waals surface area contributed by atoms with Crippen molar-refractivity contribution in [2.75, 3.05) is 0 Å². The molecule has 0 N–H and O–H groups in total. The monoisotopic (exact) mass is 238 g/mol. The molecule has 1 aromatic rings. The molecular formula is C13H18O2S. The van der Waals surface area contributed by atoms with Crippen LogP contribution >= 0.6 is 0 Å². The molecule has 0 amide bonds. The maximum Gasteiger partial charge on any atom is 0.131 e. The van der Waals surface area contributed by atoms with E-state index in [2.05, 4.69) is 0 Å². The third-order valence-electron chi connectivity index (χ3n) is 2.50. The van der Waals surface area contributed by atoms with Crippen molar-refractivity contribution in [2.24, 2.45) is 0 Å². The molecule has 0 heterocycles. The molecule has 0 aliphatic heterocycles. The Morgan fingerprint density at radius 2 is 2.00 bits per heavy atom. The van der Waals surface area contributed by atoms with Gasteiger partial charge in [-0.2, -0.15) is 0 Å². The summed E-state index contributed by atoms with van der Waals surface area (Å²) in [5.41, 5.74) is 2.13. The summed E-state index contributed by atoms with van der Waals surface area (Å²) in [6.45, 7) is 7.33. The number of carbonyl (C=O) groups is 1. The highest BCUT2D eigenvalue weighted by atomic mass is 32.2. The molecule has 0 aliphatic carbocycles. The summed E-state index contributed by atoms with van der Waals surface area (Å²) in [5.74, 6) is 0.0890. The molecule has 2 unspecified atom stereocenters. The van der Waals surface area contributed by atoms with E-state index < -0.39 is 10.8 Å². The number of ketones is 1. The number of Topliss-reactive ketones (excluding diaryl/α,β-unsaturated/α-hetero) is 1. The molecule has 2 nitrogen and oxygen atoms in total. The van der Waals surface area contributed by atoms with Crippen molar-refractivity contribution in [2.45, 2.75) is 44.3 Å². The van der Waals surface area contributed by atoms with Crippen molar-refractivity contribution in [3.05, 3.63) is 29.3 Å². The Labute approximate surface area is 99.5 Å². The Balaban J connectivity index is 2.95. The van der Waals surface area contributed by atoms with Gasteiger partial charge in [0.05, 0.1) is 10.8 Å². The van der Waals surface area contributed by atoms with Gasteiger partial charge in [-0.05, 0) is 38.0 Å².